The lowest BCUT2D eigenvalue weighted by molar-refractivity contribution is -0.220. The molecule has 0 bridgehead atoms. The van der Waals surface area contributed by atoms with Gasteiger partial charge in [-0.3, -0.25) is 19.2 Å². The highest BCUT2D eigenvalue weighted by Crippen LogP contribution is 2.45. The standard InChI is InChI=1S/C31H36N4O11S/c1-19(36)43-24-15-31(30(40)41-4,47-23-13-9-6-10-14-23)46-29(28(45-21(3)38)25(16-33-35-32)44-20(2)37)27(24)34-26(39)18-42-17-22-11-7-5-8-12-22/h5-14,24-25,27-29H,15-18H2,1-4H3,(H,34,39)/t24-,25+,27+,28+,29+,31+/m0/s1. The van der Waals surface area contributed by atoms with Crippen LogP contribution in [0.15, 0.2) is 70.7 Å². The van der Waals surface area contributed by atoms with E-state index in [1.807, 2.05) is 30.3 Å². The number of carbonyl (C=O) groups excluding carboxylic acids is 5. The van der Waals surface area contributed by atoms with Crippen molar-refractivity contribution in [2.75, 3.05) is 20.3 Å². The zero-order valence-corrected chi connectivity index (χ0v) is 27.0. The Morgan fingerprint density at radius 1 is 1.00 bits per heavy atom. The minimum absolute atomic E-state index is 0.113. The molecule has 0 unspecified atom stereocenters. The fourth-order valence-corrected chi connectivity index (χ4v) is 6.19. The Kier molecular flexibility index (Phi) is 14.0. The summed E-state index contributed by atoms with van der Waals surface area (Å²) in [4.78, 5) is 65.2. The van der Waals surface area contributed by atoms with Crippen LogP contribution in [-0.4, -0.2) is 85.4 Å². The molecule has 1 saturated heterocycles. The second kappa shape index (κ2) is 17.9. The van der Waals surface area contributed by atoms with Crippen molar-refractivity contribution in [1.82, 2.24) is 5.32 Å². The van der Waals surface area contributed by atoms with Crippen LogP contribution < -0.4 is 5.32 Å². The van der Waals surface area contributed by atoms with Crippen LogP contribution in [0, 0.1) is 0 Å². The van der Waals surface area contributed by atoms with E-state index in [4.69, 9.17) is 34.0 Å². The first-order valence-corrected chi connectivity index (χ1v) is 15.2. The number of hydrogen-bond acceptors (Lipinski definition) is 13. The molecule has 0 aromatic heterocycles. The zero-order chi connectivity index (χ0) is 34.4. The van der Waals surface area contributed by atoms with Crippen molar-refractivity contribution in [3.05, 3.63) is 76.7 Å². The number of hydrogen-bond donors (Lipinski definition) is 1. The van der Waals surface area contributed by atoms with Gasteiger partial charge in [-0.05, 0) is 23.2 Å². The van der Waals surface area contributed by atoms with Crippen molar-refractivity contribution in [3.8, 4) is 0 Å². The Morgan fingerprint density at radius 3 is 2.21 bits per heavy atom. The van der Waals surface area contributed by atoms with E-state index in [9.17, 15) is 24.0 Å². The monoisotopic (exact) mass is 672 g/mol. The maximum atomic E-state index is 13.6. The second-order valence-electron chi connectivity index (χ2n) is 10.3. The summed E-state index contributed by atoms with van der Waals surface area (Å²) in [7, 11) is 1.14. The third-order valence-corrected chi connectivity index (χ3v) is 7.96. The van der Waals surface area contributed by atoms with E-state index < -0.39 is 78.3 Å². The van der Waals surface area contributed by atoms with E-state index in [1.54, 1.807) is 30.3 Å². The van der Waals surface area contributed by atoms with Gasteiger partial charge in [-0.15, -0.1) is 0 Å². The van der Waals surface area contributed by atoms with Crippen molar-refractivity contribution >= 4 is 41.5 Å². The number of esters is 4. The zero-order valence-electron chi connectivity index (χ0n) is 26.2. The molecule has 16 heteroatoms. The topological polar surface area (TPSA) is 202 Å². The van der Waals surface area contributed by atoms with Gasteiger partial charge in [0, 0.05) is 37.0 Å². The van der Waals surface area contributed by atoms with Crippen LogP contribution in [0.4, 0.5) is 0 Å². The van der Waals surface area contributed by atoms with Crippen LogP contribution in [0.5, 0.6) is 0 Å². The van der Waals surface area contributed by atoms with Gasteiger partial charge in [0.2, 0.25) is 10.8 Å². The summed E-state index contributed by atoms with van der Waals surface area (Å²) in [5.41, 5.74) is 9.85. The van der Waals surface area contributed by atoms with Crippen LogP contribution >= 0.6 is 11.8 Å². The van der Waals surface area contributed by atoms with E-state index in [1.165, 1.54) is 0 Å². The summed E-state index contributed by atoms with van der Waals surface area (Å²) in [6.07, 6.45) is -6.22. The average molecular weight is 673 g/mol. The van der Waals surface area contributed by atoms with E-state index in [2.05, 4.69) is 15.3 Å². The lowest BCUT2D eigenvalue weighted by Crippen LogP contribution is -2.68. The molecule has 2 aromatic rings. The van der Waals surface area contributed by atoms with Gasteiger partial charge in [0.25, 0.3) is 0 Å². The number of amides is 1. The predicted molar refractivity (Wildman–Crippen MR) is 165 cm³/mol. The molecule has 15 nitrogen and oxygen atoms in total. The van der Waals surface area contributed by atoms with Gasteiger partial charge in [0.1, 0.15) is 24.9 Å². The SMILES string of the molecule is COC(=O)[C@]1(Sc2ccccc2)C[C@H](OC(C)=O)[C@@H](NC(=O)COCc2ccccc2)[C@H]([C@H](OC(C)=O)[C@@H](CN=[N+]=[N-])OC(C)=O)O1. The van der Waals surface area contributed by atoms with Crippen molar-refractivity contribution in [2.45, 2.75) is 74.1 Å². The molecule has 0 aliphatic carbocycles. The van der Waals surface area contributed by atoms with E-state index in [0.29, 0.717) is 4.90 Å². The summed E-state index contributed by atoms with van der Waals surface area (Å²) in [5.74, 6) is -3.99. The minimum Gasteiger partial charge on any atom is -0.466 e. The molecular weight excluding hydrogens is 636 g/mol. The van der Waals surface area contributed by atoms with Crippen LogP contribution in [0.3, 0.4) is 0 Å². The molecule has 252 valence electrons. The number of nitrogens with one attached hydrogen (secondary N) is 1. The van der Waals surface area contributed by atoms with Crippen LogP contribution in [0.25, 0.3) is 10.4 Å². The Bertz CT molecular complexity index is 1440. The largest absolute Gasteiger partial charge is 0.466 e. The van der Waals surface area contributed by atoms with Crippen LogP contribution in [0.2, 0.25) is 0 Å². The van der Waals surface area contributed by atoms with Crippen molar-refractivity contribution in [1.29, 1.82) is 0 Å². The first-order valence-electron chi connectivity index (χ1n) is 14.4. The normalized spacial score (nSPS) is 21.6. The maximum absolute atomic E-state index is 13.6. The summed E-state index contributed by atoms with van der Waals surface area (Å²) >= 11 is 0.936. The van der Waals surface area contributed by atoms with E-state index in [-0.39, 0.29) is 13.0 Å². The number of rotatable bonds is 15. The summed E-state index contributed by atoms with van der Waals surface area (Å²) in [6.45, 7) is 2.46. The van der Waals surface area contributed by atoms with Crippen LogP contribution in [-0.2, 0) is 59.0 Å². The molecule has 3 rings (SSSR count). The first kappa shape index (κ1) is 36.8. The molecule has 1 amide bonds. The molecule has 47 heavy (non-hydrogen) atoms. The van der Waals surface area contributed by atoms with Gasteiger partial charge in [0.05, 0.1) is 26.3 Å². The molecule has 6 atom stereocenters. The quantitative estimate of drug-likeness (QED) is 0.0953. The van der Waals surface area contributed by atoms with Crippen molar-refractivity contribution in [3.63, 3.8) is 0 Å². The van der Waals surface area contributed by atoms with E-state index >= 15 is 0 Å². The van der Waals surface area contributed by atoms with Gasteiger partial charge >= 0.3 is 23.9 Å². The number of thioether (sulfide) groups is 1. The third kappa shape index (κ3) is 11.0. The second-order valence-corrected chi connectivity index (χ2v) is 11.6. The van der Waals surface area contributed by atoms with Gasteiger partial charge in [-0.2, -0.15) is 0 Å². The Morgan fingerprint density at radius 2 is 1.64 bits per heavy atom. The van der Waals surface area contributed by atoms with Gasteiger partial charge in [-0.25, -0.2) is 4.79 Å². The highest BCUT2D eigenvalue weighted by molar-refractivity contribution is 8.01. The molecule has 2 aromatic carbocycles. The number of ether oxygens (including phenoxy) is 6. The van der Waals surface area contributed by atoms with Gasteiger partial charge in [0.15, 0.2) is 6.10 Å². The van der Waals surface area contributed by atoms with Gasteiger partial charge < -0.3 is 33.7 Å². The molecule has 1 aliphatic heterocycles. The van der Waals surface area contributed by atoms with Crippen molar-refractivity contribution in [2.24, 2.45) is 5.11 Å². The Hall–Kier alpha value is -4.63. The smallest absolute Gasteiger partial charge is 0.349 e. The molecule has 1 fully saturated rings. The minimum atomic E-state index is -1.94. The first-order chi connectivity index (χ1) is 22.5. The molecule has 1 N–H and O–H groups in total. The molecule has 0 spiro atoms. The average Bonchev–Trinajstić information content (AvgIpc) is 3.03. The Labute approximate surface area is 275 Å². The van der Waals surface area contributed by atoms with E-state index in [0.717, 1.165) is 45.2 Å². The van der Waals surface area contributed by atoms with Crippen molar-refractivity contribution < 1.29 is 52.4 Å². The molecule has 1 heterocycles. The molecule has 1 aliphatic rings. The third-order valence-electron chi connectivity index (χ3n) is 6.70. The predicted octanol–water partition coefficient (Wildman–Crippen LogP) is 3.24. The fourth-order valence-electron chi connectivity index (χ4n) is 4.94. The lowest BCUT2D eigenvalue weighted by Gasteiger charge is -2.48. The summed E-state index contributed by atoms with van der Waals surface area (Å²) in [6, 6.07) is 16.4. The fraction of sp³-hybridized carbons (Fsp3) is 0.452. The number of benzene rings is 2. The summed E-state index contributed by atoms with van der Waals surface area (Å²) in [5, 5.41) is 6.22. The lowest BCUT2D eigenvalue weighted by atomic mass is 9.89. The number of azide groups is 1. The number of methoxy groups -OCH3 is 1. The van der Waals surface area contributed by atoms with Crippen LogP contribution in [0.1, 0.15) is 32.8 Å². The molecule has 0 radical (unpaired) electrons. The summed E-state index contributed by atoms with van der Waals surface area (Å²) < 4.78 is 33.9. The highest BCUT2D eigenvalue weighted by atomic mass is 32.2. The Balaban J connectivity index is 2.12. The number of nitrogens with zero attached hydrogens (tertiary/aromatic N) is 3. The molecular formula is C31H36N4O11S. The highest BCUT2D eigenvalue weighted by Gasteiger charge is 2.58. The molecule has 0 saturated carbocycles. The number of carbonyl (C=O) groups is 5. The maximum Gasteiger partial charge on any atom is 0.349 e. The van der Waals surface area contributed by atoms with Gasteiger partial charge in [-0.1, -0.05) is 65.4 Å².